The number of phenolic OH excluding ortho intramolecular Hbond substituents is 1. The molecule has 67 heavy (non-hydrogen) atoms. The molecule has 3 aliphatic rings. The number of amides is 2. The van der Waals surface area contributed by atoms with E-state index in [1.807, 2.05) is 25.1 Å². The monoisotopic (exact) mass is 948 g/mol. The number of hydrogen-bond donors (Lipinski definition) is 1. The fourth-order valence-electron chi connectivity index (χ4n) is 10.5. The summed E-state index contributed by atoms with van der Waals surface area (Å²) >= 11 is 7.87. The largest absolute Gasteiger partial charge is 0.507 e. The molecule has 20 heteroatoms. The first kappa shape index (κ1) is 43.8. The summed E-state index contributed by atoms with van der Waals surface area (Å²) in [5, 5.41) is 18.2. The number of hydrogen-bond acceptors (Lipinski definition) is 13. The number of halogens is 1. The van der Waals surface area contributed by atoms with Gasteiger partial charge in [0.1, 0.15) is 34.5 Å². The molecule has 2 amide bonds. The van der Waals surface area contributed by atoms with E-state index >= 15 is 9.59 Å². The number of rotatable bonds is 10. The molecule has 1 saturated heterocycles. The Hall–Kier alpha value is -7.12. The molecular weight excluding hydrogens is 904 g/mol. The van der Waals surface area contributed by atoms with Gasteiger partial charge in [-0.2, -0.15) is 5.10 Å². The van der Waals surface area contributed by atoms with Gasteiger partial charge in [-0.1, -0.05) is 17.7 Å². The van der Waals surface area contributed by atoms with Crippen molar-refractivity contribution >= 4 is 61.7 Å². The van der Waals surface area contributed by atoms with Crippen LogP contribution >= 0.6 is 22.9 Å². The molecule has 1 N–H and O–H groups in total. The van der Waals surface area contributed by atoms with Gasteiger partial charge in [0.05, 0.1) is 68.3 Å². The van der Waals surface area contributed by atoms with Crippen molar-refractivity contribution in [1.82, 2.24) is 33.3 Å². The van der Waals surface area contributed by atoms with E-state index in [9.17, 15) is 19.5 Å². The number of benzene rings is 3. The van der Waals surface area contributed by atoms with Crippen molar-refractivity contribution < 1.29 is 33.6 Å². The number of thiophene rings is 1. The highest BCUT2D eigenvalue weighted by atomic mass is 35.5. The highest BCUT2D eigenvalue weighted by molar-refractivity contribution is 7.22. The molecule has 1 saturated carbocycles. The third kappa shape index (κ3) is 6.30. The maximum atomic E-state index is 15.4. The number of nitrogens with zero attached hydrogens (tertiary/aromatic N) is 8. The molecule has 346 valence electrons. The molecule has 3 aromatic carbocycles. The number of allylic oxidation sites excluding steroid dienone is 2. The van der Waals surface area contributed by atoms with Gasteiger partial charge in [0, 0.05) is 78.6 Å². The first-order valence-corrected chi connectivity index (χ1v) is 22.6. The van der Waals surface area contributed by atoms with Gasteiger partial charge >= 0.3 is 11.4 Å². The molecule has 0 bridgehead atoms. The number of anilines is 1. The van der Waals surface area contributed by atoms with Crippen LogP contribution in [0.25, 0.3) is 31.7 Å². The Morgan fingerprint density at radius 3 is 2.36 bits per heavy atom. The van der Waals surface area contributed by atoms with Crippen LogP contribution in [0.5, 0.6) is 28.7 Å². The quantitative estimate of drug-likeness (QED) is 0.134. The van der Waals surface area contributed by atoms with Crippen molar-refractivity contribution in [3.05, 3.63) is 113 Å². The predicted octanol–water partition coefficient (Wildman–Crippen LogP) is 5.48. The number of imide groups is 1. The van der Waals surface area contributed by atoms with Gasteiger partial charge in [0.25, 0.3) is 5.56 Å². The van der Waals surface area contributed by atoms with Crippen LogP contribution < -0.4 is 40.8 Å². The molecule has 6 heterocycles. The molecule has 7 aromatic rings. The maximum Gasteiger partial charge on any atom is 0.347 e. The summed E-state index contributed by atoms with van der Waals surface area (Å²) in [5.41, 5.74) is 0.0731. The average Bonchev–Trinajstić information content (AvgIpc) is 3.99. The van der Waals surface area contributed by atoms with E-state index in [2.05, 4.69) is 4.98 Å². The van der Waals surface area contributed by atoms with Gasteiger partial charge < -0.3 is 28.6 Å². The SMILES string of the molecule is COc1cc(O)c(C2C3=CCn4c(=O)n(CCc5nc6cc(OC)c(OC)cc6n(C)c5=O)c(=O)n4C3CC3C(=O)N(c4cc(-c5sc6ccc(Cl)cc6c5C)nn4C)C(=O)C32C)c(OC)c1. The van der Waals surface area contributed by atoms with Crippen LogP contribution in [0, 0.1) is 18.3 Å². The van der Waals surface area contributed by atoms with Crippen LogP contribution in [0.1, 0.15) is 42.1 Å². The van der Waals surface area contributed by atoms with Crippen molar-refractivity contribution in [2.24, 2.45) is 25.4 Å². The van der Waals surface area contributed by atoms with Crippen LogP contribution in [-0.2, 0) is 43.2 Å². The van der Waals surface area contributed by atoms with Gasteiger partial charge in [-0.25, -0.2) is 33.4 Å². The lowest BCUT2D eigenvalue weighted by atomic mass is 9.56. The molecule has 0 radical (unpaired) electrons. The molecular formula is C47H45ClN8O10S. The Morgan fingerprint density at radius 1 is 0.910 bits per heavy atom. The Balaban J connectivity index is 1.07. The van der Waals surface area contributed by atoms with Gasteiger partial charge in [-0.05, 0) is 55.0 Å². The number of aromatic hydroxyl groups is 1. The van der Waals surface area contributed by atoms with Gasteiger partial charge in [-0.15, -0.1) is 11.3 Å². The van der Waals surface area contributed by atoms with Crippen LogP contribution in [0.3, 0.4) is 0 Å². The molecule has 1 aliphatic carbocycles. The number of ether oxygens (including phenoxy) is 4. The number of aryl methyl sites for hydroxylation is 4. The zero-order valence-corrected chi connectivity index (χ0v) is 39.3. The number of carbonyl (C=O) groups is 2. The summed E-state index contributed by atoms with van der Waals surface area (Å²) in [6.45, 7) is 3.42. The van der Waals surface area contributed by atoms with Gasteiger partial charge in [0.15, 0.2) is 11.5 Å². The zero-order chi connectivity index (χ0) is 47.5. The molecule has 10 rings (SSSR count). The molecule has 2 aliphatic heterocycles. The number of fused-ring (bicyclic) bond motifs is 6. The number of aromatic nitrogens is 7. The Bertz CT molecular complexity index is 3510. The minimum atomic E-state index is -1.55. The number of methoxy groups -OCH3 is 4. The lowest BCUT2D eigenvalue weighted by Crippen LogP contribution is -2.49. The first-order valence-electron chi connectivity index (χ1n) is 21.4. The molecule has 4 unspecified atom stereocenters. The van der Waals surface area contributed by atoms with E-state index in [-0.39, 0.29) is 60.3 Å². The zero-order valence-electron chi connectivity index (χ0n) is 37.7. The van der Waals surface area contributed by atoms with Crippen molar-refractivity contribution in [3.63, 3.8) is 0 Å². The minimum Gasteiger partial charge on any atom is -0.507 e. The van der Waals surface area contributed by atoms with Gasteiger partial charge in [0.2, 0.25) is 11.8 Å². The summed E-state index contributed by atoms with van der Waals surface area (Å²) in [6, 6.07) is 12.8. The molecule has 2 fully saturated rings. The average molecular weight is 949 g/mol. The molecule has 4 atom stereocenters. The molecule has 18 nitrogen and oxygen atoms in total. The Labute approximate surface area is 390 Å². The topological polar surface area (TPSA) is 196 Å². The summed E-state index contributed by atoms with van der Waals surface area (Å²) in [6.07, 6.45) is 1.68. The van der Waals surface area contributed by atoms with E-state index in [0.717, 1.165) is 30.0 Å². The van der Waals surface area contributed by atoms with E-state index < -0.39 is 52.0 Å². The van der Waals surface area contributed by atoms with Crippen LogP contribution in [0.2, 0.25) is 5.02 Å². The van der Waals surface area contributed by atoms with Crippen molar-refractivity contribution in [2.75, 3.05) is 33.3 Å². The van der Waals surface area contributed by atoms with Crippen LogP contribution in [0.15, 0.2) is 74.6 Å². The Kier molecular flexibility index (Phi) is 10.3. The highest BCUT2D eigenvalue weighted by Crippen LogP contribution is 2.64. The minimum absolute atomic E-state index is 0.0402. The second kappa shape index (κ2) is 15.8. The first-order chi connectivity index (χ1) is 32.0. The number of phenols is 1. The summed E-state index contributed by atoms with van der Waals surface area (Å²) in [4.78, 5) is 79.8. The van der Waals surface area contributed by atoms with Crippen LogP contribution in [0.4, 0.5) is 5.82 Å². The summed E-state index contributed by atoms with van der Waals surface area (Å²) in [7, 11) is 9.12. The second-order valence-corrected chi connectivity index (χ2v) is 18.7. The van der Waals surface area contributed by atoms with E-state index in [4.69, 9.17) is 35.6 Å². The second-order valence-electron chi connectivity index (χ2n) is 17.2. The lowest BCUT2D eigenvalue weighted by Gasteiger charge is -2.47. The standard InChI is InChI=1S/C47H45ClN8O10S/c1-22-26-15-23(48)9-10-37(26)67-41(22)30-20-38(52(4)50-30)55-42(58)27-18-31-25(40(47(27,2)44(55)60)39-33(57)16-24(63-5)17-36(39)66-8)11-14-54-45(61)53(46(62)56(31)54)13-12-28-43(59)51(3)32-21-35(65-7)34(64-6)19-29(32)49-28/h9-11,15-17,19-21,27,31,40,57H,12-14,18H2,1-8H3. The fraction of sp³-hybridized carbons (Fsp3) is 0.340. The summed E-state index contributed by atoms with van der Waals surface area (Å²) in [5.74, 6) is -1.87. The van der Waals surface area contributed by atoms with Crippen molar-refractivity contribution in [3.8, 4) is 39.3 Å². The molecule has 0 spiro atoms. The lowest BCUT2D eigenvalue weighted by molar-refractivity contribution is -0.129. The van der Waals surface area contributed by atoms with Gasteiger partial charge in [-0.3, -0.25) is 19.1 Å². The van der Waals surface area contributed by atoms with Crippen molar-refractivity contribution in [2.45, 2.75) is 51.7 Å². The van der Waals surface area contributed by atoms with E-state index in [1.165, 1.54) is 64.5 Å². The number of carbonyl (C=O) groups excluding carboxylic acids is 2. The predicted molar refractivity (Wildman–Crippen MR) is 250 cm³/mol. The fourth-order valence-corrected chi connectivity index (χ4v) is 11.8. The third-order valence-corrected chi connectivity index (χ3v) is 15.4. The van der Waals surface area contributed by atoms with E-state index in [0.29, 0.717) is 38.8 Å². The van der Waals surface area contributed by atoms with Crippen LogP contribution in [-0.4, -0.2) is 78.6 Å². The highest BCUT2D eigenvalue weighted by Gasteiger charge is 2.66. The smallest absolute Gasteiger partial charge is 0.347 e. The molecule has 4 aromatic heterocycles. The third-order valence-electron chi connectivity index (χ3n) is 13.9. The Morgan fingerprint density at radius 2 is 1.64 bits per heavy atom. The maximum absolute atomic E-state index is 15.4. The summed E-state index contributed by atoms with van der Waals surface area (Å²) < 4.78 is 29.8. The normalized spacial score (nSPS) is 20.0. The van der Waals surface area contributed by atoms with Crippen molar-refractivity contribution in [1.29, 1.82) is 0 Å². The van der Waals surface area contributed by atoms with E-state index in [1.54, 1.807) is 51.4 Å².